The van der Waals surface area contributed by atoms with Crippen molar-refractivity contribution in [1.82, 2.24) is 0 Å². The minimum absolute atomic E-state index is 0.168. The van der Waals surface area contributed by atoms with Gasteiger partial charge in [-0.3, -0.25) is 0 Å². The van der Waals surface area contributed by atoms with Gasteiger partial charge in [0.2, 0.25) is 0 Å². The Morgan fingerprint density at radius 2 is 2.25 bits per heavy atom. The maximum atomic E-state index is 12.4. The van der Waals surface area contributed by atoms with E-state index in [0.717, 1.165) is 4.70 Å². The lowest BCUT2D eigenvalue weighted by Gasteiger charge is -1.95. The Labute approximate surface area is 73.1 Å². The summed E-state index contributed by atoms with van der Waals surface area (Å²) in [6, 6.07) is 5.21. The Kier molecular flexibility index (Phi) is 1.73. The predicted octanol–water partition coefficient (Wildman–Crippen LogP) is 3.08. The molecule has 1 nitrogen and oxygen atoms in total. The highest BCUT2D eigenvalue weighted by atomic mass is 32.1. The van der Waals surface area contributed by atoms with Crippen LogP contribution >= 0.6 is 11.3 Å². The fourth-order valence-corrected chi connectivity index (χ4v) is 2.19. The first-order valence-corrected chi connectivity index (χ1v) is 4.45. The summed E-state index contributed by atoms with van der Waals surface area (Å²) < 4.78 is 13.3. The van der Waals surface area contributed by atoms with Crippen LogP contribution < -0.4 is 0 Å². The zero-order valence-electron chi connectivity index (χ0n) is 6.25. The predicted molar refractivity (Wildman–Crippen MR) is 48.3 cm³/mol. The lowest BCUT2D eigenvalue weighted by atomic mass is 10.2. The van der Waals surface area contributed by atoms with Crippen molar-refractivity contribution in [1.29, 1.82) is 0 Å². The van der Waals surface area contributed by atoms with Gasteiger partial charge < -0.3 is 5.11 Å². The molecular formula is C9H7FOS. The molecule has 0 saturated carbocycles. The van der Waals surface area contributed by atoms with Crippen molar-refractivity contribution in [2.75, 3.05) is 0 Å². The third kappa shape index (κ3) is 0.975. The van der Waals surface area contributed by atoms with Crippen LogP contribution in [0.3, 0.4) is 0 Å². The maximum absolute atomic E-state index is 12.4. The van der Waals surface area contributed by atoms with Gasteiger partial charge in [-0.15, -0.1) is 11.3 Å². The third-order valence-corrected chi connectivity index (χ3v) is 2.79. The molecule has 1 N–H and O–H groups in total. The van der Waals surface area contributed by atoms with Crippen molar-refractivity contribution < 1.29 is 9.50 Å². The van der Waals surface area contributed by atoms with Gasteiger partial charge in [-0.1, -0.05) is 6.07 Å². The second-order valence-corrected chi connectivity index (χ2v) is 3.46. The van der Waals surface area contributed by atoms with E-state index in [1.807, 2.05) is 6.07 Å². The molecule has 0 radical (unpaired) electrons. The first-order chi connectivity index (χ1) is 5.83. The topological polar surface area (TPSA) is 20.2 Å². The monoisotopic (exact) mass is 182 g/mol. The molecule has 0 aliphatic rings. The fourth-order valence-electron chi connectivity index (χ4n) is 1.23. The number of alkyl halides is 1. The second-order valence-electron chi connectivity index (χ2n) is 2.54. The lowest BCUT2D eigenvalue weighted by Crippen LogP contribution is -1.74. The number of hydrogen-bond donors (Lipinski definition) is 1. The molecule has 0 amide bonds. The molecular weight excluding hydrogens is 175 g/mol. The number of phenolic OH excluding ortho intramolecular Hbond substituents is 1. The summed E-state index contributed by atoms with van der Waals surface area (Å²) in [5.74, 6) is 0.168. The van der Waals surface area contributed by atoms with E-state index in [9.17, 15) is 9.50 Å². The summed E-state index contributed by atoms with van der Waals surface area (Å²) in [6.07, 6.45) is 0. The Hall–Kier alpha value is -1.09. The summed E-state index contributed by atoms with van der Waals surface area (Å²) in [7, 11) is 0. The normalized spacial score (nSPS) is 10.8. The van der Waals surface area contributed by atoms with Gasteiger partial charge in [-0.25, -0.2) is 4.39 Å². The molecule has 1 aromatic heterocycles. The van der Waals surface area contributed by atoms with Crippen molar-refractivity contribution in [3.63, 3.8) is 0 Å². The average Bonchev–Trinajstić information content (AvgIpc) is 2.49. The maximum Gasteiger partial charge on any atom is 0.124 e. The minimum Gasteiger partial charge on any atom is -0.507 e. The number of rotatable bonds is 1. The molecule has 2 aromatic rings. The van der Waals surface area contributed by atoms with E-state index >= 15 is 0 Å². The van der Waals surface area contributed by atoms with Crippen LogP contribution in [0.2, 0.25) is 0 Å². The highest BCUT2D eigenvalue weighted by Gasteiger charge is 2.06. The van der Waals surface area contributed by atoms with Gasteiger partial charge in [0.1, 0.15) is 12.4 Å². The van der Waals surface area contributed by atoms with Gasteiger partial charge >= 0.3 is 0 Å². The molecule has 3 heteroatoms. The van der Waals surface area contributed by atoms with E-state index in [0.29, 0.717) is 10.9 Å². The Morgan fingerprint density at radius 3 is 3.00 bits per heavy atom. The molecule has 1 heterocycles. The summed E-state index contributed by atoms with van der Waals surface area (Å²) in [5.41, 5.74) is 0.577. The molecule has 12 heavy (non-hydrogen) atoms. The zero-order chi connectivity index (χ0) is 8.55. The number of thiophene rings is 1. The largest absolute Gasteiger partial charge is 0.507 e. The smallest absolute Gasteiger partial charge is 0.124 e. The molecule has 62 valence electrons. The summed E-state index contributed by atoms with van der Waals surface area (Å²) in [4.78, 5) is 0. The van der Waals surface area contributed by atoms with Gasteiger partial charge in [0.05, 0.1) is 0 Å². The third-order valence-electron chi connectivity index (χ3n) is 1.80. The molecule has 0 saturated heterocycles. The van der Waals surface area contributed by atoms with Gasteiger partial charge in [-0.2, -0.15) is 0 Å². The van der Waals surface area contributed by atoms with Crippen LogP contribution in [0.15, 0.2) is 23.6 Å². The molecule has 0 atom stereocenters. The van der Waals surface area contributed by atoms with E-state index in [4.69, 9.17) is 0 Å². The molecule has 2 rings (SSSR count). The number of aromatic hydroxyl groups is 1. The average molecular weight is 182 g/mol. The van der Waals surface area contributed by atoms with Gasteiger partial charge in [-0.05, 0) is 17.5 Å². The summed E-state index contributed by atoms with van der Waals surface area (Å²) >= 11 is 1.45. The summed E-state index contributed by atoms with van der Waals surface area (Å²) in [5, 5.41) is 11.8. The van der Waals surface area contributed by atoms with Crippen molar-refractivity contribution in [2.24, 2.45) is 0 Å². The van der Waals surface area contributed by atoms with E-state index in [-0.39, 0.29) is 5.75 Å². The molecule has 0 aliphatic heterocycles. The molecule has 0 spiro atoms. The number of fused-ring (bicyclic) bond motifs is 1. The van der Waals surface area contributed by atoms with Crippen LogP contribution in [0, 0.1) is 0 Å². The minimum atomic E-state index is -0.516. The van der Waals surface area contributed by atoms with E-state index in [1.54, 1.807) is 17.5 Å². The number of hydrogen-bond acceptors (Lipinski definition) is 2. The summed E-state index contributed by atoms with van der Waals surface area (Å²) in [6.45, 7) is -0.516. The van der Waals surface area contributed by atoms with Crippen molar-refractivity contribution in [3.05, 3.63) is 29.1 Å². The van der Waals surface area contributed by atoms with Crippen molar-refractivity contribution in [3.8, 4) is 5.75 Å². The second kappa shape index (κ2) is 2.75. The van der Waals surface area contributed by atoms with Crippen LogP contribution in [-0.2, 0) is 6.67 Å². The SMILES string of the molecule is Oc1cccc2scc(CF)c12. The van der Waals surface area contributed by atoms with Crippen LogP contribution in [0.1, 0.15) is 5.56 Å². The van der Waals surface area contributed by atoms with E-state index < -0.39 is 6.67 Å². The first kappa shape index (κ1) is 7.55. The lowest BCUT2D eigenvalue weighted by molar-refractivity contribution is 0.473. The highest BCUT2D eigenvalue weighted by Crippen LogP contribution is 2.33. The van der Waals surface area contributed by atoms with Crippen LogP contribution in [0.5, 0.6) is 5.75 Å². The van der Waals surface area contributed by atoms with Crippen LogP contribution in [0.25, 0.3) is 10.1 Å². The standard InChI is InChI=1S/C9H7FOS/c10-4-6-5-12-8-3-1-2-7(11)9(6)8/h1-3,5,11H,4H2. The van der Waals surface area contributed by atoms with Gasteiger partial charge in [0, 0.05) is 15.6 Å². The van der Waals surface area contributed by atoms with Gasteiger partial charge in [0.15, 0.2) is 0 Å². The molecule has 0 unspecified atom stereocenters. The van der Waals surface area contributed by atoms with E-state index in [1.165, 1.54) is 11.3 Å². The fraction of sp³-hybridized carbons (Fsp3) is 0.111. The van der Waals surface area contributed by atoms with Gasteiger partial charge in [0.25, 0.3) is 0 Å². The van der Waals surface area contributed by atoms with Crippen LogP contribution in [-0.4, -0.2) is 5.11 Å². The zero-order valence-corrected chi connectivity index (χ0v) is 7.07. The first-order valence-electron chi connectivity index (χ1n) is 3.57. The molecule has 0 aliphatic carbocycles. The highest BCUT2D eigenvalue weighted by molar-refractivity contribution is 7.17. The number of halogens is 1. The Morgan fingerprint density at radius 1 is 1.42 bits per heavy atom. The Balaban J connectivity index is 2.83. The number of phenols is 1. The quantitative estimate of drug-likeness (QED) is 0.718. The Bertz CT molecular complexity index is 408. The van der Waals surface area contributed by atoms with Crippen molar-refractivity contribution >= 4 is 21.4 Å². The van der Waals surface area contributed by atoms with Crippen molar-refractivity contribution in [2.45, 2.75) is 6.67 Å². The van der Waals surface area contributed by atoms with E-state index in [2.05, 4.69) is 0 Å². The molecule has 1 aromatic carbocycles. The molecule has 0 fully saturated rings. The number of benzene rings is 1. The van der Waals surface area contributed by atoms with Crippen LogP contribution in [0.4, 0.5) is 4.39 Å². The molecule has 0 bridgehead atoms.